The molecular weight excluding hydrogens is 409 g/mol. The highest BCUT2D eigenvalue weighted by Gasteiger charge is 2.20. The molecule has 31 heavy (non-hydrogen) atoms. The average molecular weight is 422 g/mol. The number of nitrogens with zero attached hydrogens (tertiary/aromatic N) is 1. The van der Waals surface area contributed by atoms with Crippen LogP contribution in [0.3, 0.4) is 0 Å². The number of carbonyl (C=O) groups excluding carboxylic acids is 1. The number of ether oxygens (including phenoxy) is 2. The molecule has 0 saturated heterocycles. The van der Waals surface area contributed by atoms with Gasteiger partial charge in [-0.25, -0.2) is 18.2 Å². The molecule has 0 fully saturated rings. The number of amides is 1. The first-order valence-electron chi connectivity index (χ1n) is 9.26. The van der Waals surface area contributed by atoms with Crippen LogP contribution in [0.25, 0.3) is 22.2 Å². The second-order valence-electron chi connectivity index (χ2n) is 6.82. The lowest BCUT2D eigenvalue weighted by molar-refractivity contribution is 0.102. The Labute approximate surface area is 174 Å². The third-order valence-electron chi connectivity index (χ3n) is 4.91. The van der Waals surface area contributed by atoms with Gasteiger partial charge in [0.1, 0.15) is 0 Å². The van der Waals surface area contributed by atoms with Crippen LogP contribution in [0.4, 0.5) is 18.9 Å². The molecule has 0 unspecified atom stereocenters. The normalized spacial score (nSPS) is 12.2. The monoisotopic (exact) mass is 422 g/mol. The van der Waals surface area contributed by atoms with Gasteiger partial charge in [-0.15, -0.1) is 0 Å². The first-order valence-corrected chi connectivity index (χ1v) is 9.26. The molecule has 1 amide bonds. The van der Waals surface area contributed by atoms with E-state index < -0.39 is 29.0 Å². The summed E-state index contributed by atoms with van der Waals surface area (Å²) in [6, 6.07) is 15.5. The van der Waals surface area contributed by atoms with Crippen LogP contribution in [0, 0.1) is 17.5 Å². The van der Waals surface area contributed by atoms with Gasteiger partial charge >= 0.3 is 0 Å². The van der Waals surface area contributed by atoms with Crippen molar-refractivity contribution < 1.29 is 27.4 Å². The second-order valence-corrected chi connectivity index (χ2v) is 6.82. The number of halogens is 3. The van der Waals surface area contributed by atoms with Crippen molar-refractivity contribution in [2.45, 2.75) is 0 Å². The van der Waals surface area contributed by atoms with Crippen LogP contribution in [0.5, 0.6) is 11.5 Å². The predicted molar refractivity (Wildman–Crippen MR) is 108 cm³/mol. The van der Waals surface area contributed by atoms with Crippen molar-refractivity contribution >= 4 is 22.5 Å². The summed E-state index contributed by atoms with van der Waals surface area (Å²) in [5.74, 6) is -3.99. The van der Waals surface area contributed by atoms with Crippen LogP contribution in [0.1, 0.15) is 10.4 Å². The fourth-order valence-electron chi connectivity index (χ4n) is 3.38. The zero-order chi connectivity index (χ0) is 21.5. The Morgan fingerprint density at radius 3 is 2.58 bits per heavy atom. The third kappa shape index (κ3) is 3.31. The largest absolute Gasteiger partial charge is 0.454 e. The van der Waals surface area contributed by atoms with Gasteiger partial charge < -0.3 is 14.8 Å². The number of hydrogen-bond donors (Lipinski definition) is 1. The van der Waals surface area contributed by atoms with E-state index in [4.69, 9.17) is 9.47 Å². The standard InChI is InChI=1S/C23H13F3N2O3/c24-15-6-7-17(22(26)21(15)25)28-23(29)14-10-18(27-16-4-2-1-3-13(14)16)12-5-8-19-20(9-12)31-11-30-19/h1-10H,11H2,(H,28,29). The Hall–Kier alpha value is -4.07. The molecule has 0 saturated carbocycles. The number of pyridine rings is 1. The minimum Gasteiger partial charge on any atom is -0.454 e. The fraction of sp³-hybridized carbons (Fsp3) is 0.0435. The first-order chi connectivity index (χ1) is 15.0. The molecule has 1 aliphatic rings. The van der Waals surface area contributed by atoms with E-state index >= 15 is 0 Å². The molecule has 2 heterocycles. The molecule has 154 valence electrons. The number of aromatic nitrogens is 1. The molecule has 0 aliphatic carbocycles. The molecule has 1 N–H and O–H groups in total. The predicted octanol–water partition coefficient (Wildman–Crippen LogP) is 5.30. The lowest BCUT2D eigenvalue weighted by Gasteiger charge is -2.12. The molecule has 8 heteroatoms. The Morgan fingerprint density at radius 1 is 0.903 bits per heavy atom. The average Bonchev–Trinajstić information content (AvgIpc) is 3.26. The van der Waals surface area contributed by atoms with E-state index in [1.807, 2.05) is 0 Å². The molecule has 5 rings (SSSR count). The molecule has 1 aromatic heterocycles. The summed E-state index contributed by atoms with van der Waals surface area (Å²) in [5, 5.41) is 2.83. The summed E-state index contributed by atoms with van der Waals surface area (Å²) < 4.78 is 51.5. The van der Waals surface area contributed by atoms with E-state index in [1.165, 1.54) is 0 Å². The summed E-state index contributed by atoms with van der Waals surface area (Å²) in [6.45, 7) is 0.122. The number of carbonyl (C=O) groups is 1. The van der Waals surface area contributed by atoms with Crippen LogP contribution in [-0.2, 0) is 0 Å². The highest BCUT2D eigenvalue weighted by atomic mass is 19.2. The maximum Gasteiger partial charge on any atom is 0.256 e. The smallest absolute Gasteiger partial charge is 0.256 e. The number of anilines is 1. The van der Waals surface area contributed by atoms with E-state index in [2.05, 4.69) is 10.3 Å². The maximum atomic E-state index is 14.1. The molecule has 4 aromatic rings. The van der Waals surface area contributed by atoms with Crippen molar-refractivity contribution in [2.24, 2.45) is 0 Å². The van der Waals surface area contributed by atoms with E-state index in [1.54, 1.807) is 48.5 Å². The van der Waals surface area contributed by atoms with Gasteiger partial charge in [0, 0.05) is 10.9 Å². The summed E-state index contributed by atoms with van der Waals surface area (Å²) in [5.41, 5.74) is 1.43. The SMILES string of the molecule is O=C(Nc1ccc(F)c(F)c1F)c1cc(-c2ccc3c(c2)OCO3)nc2ccccc12. The highest BCUT2D eigenvalue weighted by Crippen LogP contribution is 2.36. The van der Waals surface area contributed by atoms with Gasteiger partial charge in [0.25, 0.3) is 5.91 Å². The van der Waals surface area contributed by atoms with Crippen LogP contribution >= 0.6 is 0 Å². The summed E-state index contributed by atoms with van der Waals surface area (Å²) >= 11 is 0. The maximum absolute atomic E-state index is 14.1. The van der Waals surface area contributed by atoms with Gasteiger partial charge in [-0.2, -0.15) is 0 Å². The van der Waals surface area contributed by atoms with E-state index in [0.29, 0.717) is 33.7 Å². The lowest BCUT2D eigenvalue weighted by atomic mass is 10.0. The molecule has 3 aromatic carbocycles. The molecular formula is C23H13F3N2O3. The summed E-state index contributed by atoms with van der Waals surface area (Å²) in [4.78, 5) is 17.6. The first kappa shape index (κ1) is 18.9. The van der Waals surface area contributed by atoms with Crippen LogP contribution in [0.2, 0.25) is 0 Å². The second kappa shape index (κ2) is 7.32. The van der Waals surface area contributed by atoms with Crippen molar-refractivity contribution in [1.82, 2.24) is 4.98 Å². The van der Waals surface area contributed by atoms with E-state index in [-0.39, 0.29) is 12.4 Å². The minimum absolute atomic E-state index is 0.122. The van der Waals surface area contributed by atoms with Crippen LogP contribution in [0.15, 0.2) is 60.7 Å². The fourth-order valence-corrected chi connectivity index (χ4v) is 3.38. The van der Waals surface area contributed by atoms with Crippen molar-refractivity contribution in [3.63, 3.8) is 0 Å². The number of hydrogen-bond acceptors (Lipinski definition) is 4. The van der Waals surface area contributed by atoms with Crippen LogP contribution in [-0.4, -0.2) is 17.7 Å². The third-order valence-corrected chi connectivity index (χ3v) is 4.91. The molecule has 5 nitrogen and oxygen atoms in total. The Kier molecular flexibility index (Phi) is 4.47. The number of fused-ring (bicyclic) bond motifs is 2. The van der Waals surface area contributed by atoms with Crippen molar-refractivity contribution in [2.75, 3.05) is 12.1 Å². The topological polar surface area (TPSA) is 60.5 Å². The Morgan fingerprint density at radius 2 is 1.71 bits per heavy atom. The molecule has 0 radical (unpaired) electrons. The van der Waals surface area contributed by atoms with E-state index in [0.717, 1.165) is 12.1 Å². The molecule has 0 bridgehead atoms. The van der Waals surface area contributed by atoms with E-state index in [9.17, 15) is 18.0 Å². The van der Waals surface area contributed by atoms with Gasteiger partial charge in [0.2, 0.25) is 6.79 Å². The molecule has 0 spiro atoms. The Bertz CT molecular complexity index is 1360. The highest BCUT2D eigenvalue weighted by molar-refractivity contribution is 6.13. The zero-order valence-corrected chi connectivity index (χ0v) is 15.8. The van der Waals surface area contributed by atoms with Gasteiger partial charge in [0.05, 0.1) is 22.5 Å². The van der Waals surface area contributed by atoms with Gasteiger partial charge in [-0.3, -0.25) is 4.79 Å². The number of benzene rings is 3. The van der Waals surface area contributed by atoms with Crippen molar-refractivity contribution in [3.05, 3.63) is 83.7 Å². The van der Waals surface area contributed by atoms with Gasteiger partial charge in [0.15, 0.2) is 29.0 Å². The summed E-state index contributed by atoms with van der Waals surface area (Å²) in [6.07, 6.45) is 0. The van der Waals surface area contributed by atoms with Gasteiger partial charge in [-0.1, -0.05) is 18.2 Å². The number of para-hydroxylation sites is 1. The minimum atomic E-state index is -1.65. The quantitative estimate of drug-likeness (QED) is 0.455. The summed E-state index contributed by atoms with van der Waals surface area (Å²) in [7, 11) is 0. The molecule has 1 aliphatic heterocycles. The lowest BCUT2D eigenvalue weighted by Crippen LogP contribution is -2.15. The molecule has 0 atom stereocenters. The van der Waals surface area contributed by atoms with Crippen LogP contribution < -0.4 is 14.8 Å². The Balaban J connectivity index is 1.59. The van der Waals surface area contributed by atoms with Crippen molar-refractivity contribution in [1.29, 1.82) is 0 Å². The number of nitrogens with one attached hydrogen (secondary N) is 1. The van der Waals surface area contributed by atoms with Crippen molar-refractivity contribution in [3.8, 4) is 22.8 Å². The zero-order valence-electron chi connectivity index (χ0n) is 15.8. The van der Waals surface area contributed by atoms with Gasteiger partial charge in [-0.05, 0) is 42.5 Å². The number of rotatable bonds is 3.